The lowest BCUT2D eigenvalue weighted by Gasteiger charge is -2.25. The van der Waals surface area contributed by atoms with Crippen LogP contribution in [0.2, 0.25) is 0 Å². The molecule has 4 rings (SSSR count). The number of ether oxygens (including phenoxy) is 1. The number of anilines is 1. The summed E-state index contributed by atoms with van der Waals surface area (Å²) in [6, 6.07) is 19.5. The van der Waals surface area contributed by atoms with Gasteiger partial charge in [-0.15, -0.1) is 0 Å². The molecule has 1 aliphatic heterocycles. The van der Waals surface area contributed by atoms with Crippen LogP contribution in [0, 0.1) is 10.1 Å². The first-order chi connectivity index (χ1) is 15.4. The third-order valence-corrected chi connectivity index (χ3v) is 5.24. The predicted octanol–water partition coefficient (Wildman–Crippen LogP) is 4.23. The number of hydrogen-bond acceptors (Lipinski definition) is 6. The van der Waals surface area contributed by atoms with Crippen molar-refractivity contribution in [1.82, 2.24) is 0 Å². The Morgan fingerprint density at radius 2 is 1.69 bits per heavy atom. The van der Waals surface area contributed by atoms with Crippen molar-refractivity contribution in [3.8, 4) is 5.75 Å². The van der Waals surface area contributed by atoms with Crippen molar-refractivity contribution in [3.05, 3.63) is 106 Å². The number of hydrogen-bond donors (Lipinski definition) is 1. The van der Waals surface area contributed by atoms with Gasteiger partial charge in [0.15, 0.2) is 0 Å². The number of nitro groups is 1. The number of ketones is 1. The summed E-state index contributed by atoms with van der Waals surface area (Å²) in [5.74, 6) is -1.51. The second-order valence-electron chi connectivity index (χ2n) is 7.09. The first-order valence-corrected chi connectivity index (χ1v) is 9.67. The van der Waals surface area contributed by atoms with Gasteiger partial charge in [-0.2, -0.15) is 0 Å². The summed E-state index contributed by atoms with van der Waals surface area (Å²) in [6.07, 6.45) is 0. The van der Waals surface area contributed by atoms with E-state index in [9.17, 15) is 24.8 Å². The molecule has 1 N–H and O–H groups in total. The highest BCUT2D eigenvalue weighted by Gasteiger charge is 2.47. The largest absolute Gasteiger partial charge is 0.507 e. The van der Waals surface area contributed by atoms with Crippen molar-refractivity contribution in [3.63, 3.8) is 0 Å². The zero-order chi connectivity index (χ0) is 22.8. The molecule has 1 atom stereocenters. The molecular weight excluding hydrogens is 412 g/mol. The number of aliphatic hydroxyl groups is 1. The number of aliphatic hydroxyl groups excluding tert-OH is 1. The van der Waals surface area contributed by atoms with E-state index in [0.29, 0.717) is 22.6 Å². The first-order valence-electron chi connectivity index (χ1n) is 9.67. The fourth-order valence-electron chi connectivity index (χ4n) is 3.72. The SMILES string of the molecule is COc1ccc(N2C(=O)C(=O)/C(=C(/O)c3ccccc3)[C@H]2c2cccc([N+](=O)[O-])c2)cc1. The van der Waals surface area contributed by atoms with Gasteiger partial charge in [0.1, 0.15) is 11.5 Å². The molecule has 0 radical (unpaired) electrons. The standard InChI is InChI=1S/C24H18N2O6/c1-32-19-12-10-17(11-13-19)25-21(16-8-5-9-18(14-16)26(30)31)20(23(28)24(25)29)22(27)15-6-3-2-4-7-15/h2-14,21,27H,1H3/b22-20+/t21-/m1/s1. The minimum atomic E-state index is -1.05. The molecule has 0 saturated carbocycles. The van der Waals surface area contributed by atoms with Crippen molar-refractivity contribution < 1.29 is 24.4 Å². The number of benzene rings is 3. The van der Waals surface area contributed by atoms with Crippen LogP contribution in [0.1, 0.15) is 17.2 Å². The van der Waals surface area contributed by atoms with Crippen LogP contribution >= 0.6 is 0 Å². The molecule has 160 valence electrons. The van der Waals surface area contributed by atoms with Crippen LogP contribution in [-0.4, -0.2) is 28.8 Å². The normalized spacial score (nSPS) is 17.4. The van der Waals surface area contributed by atoms with Gasteiger partial charge in [-0.05, 0) is 29.8 Å². The average Bonchev–Trinajstić information content (AvgIpc) is 3.09. The van der Waals surface area contributed by atoms with Crippen LogP contribution in [0.5, 0.6) is 5.75 Å². The van der Waals surface area contributed by atoms with Crippen molar-refractivity contribution >= 4 is 28.8 Å². The summed E-state index contributed by atoms with van der Waals surface area (Å²) in [5, 5.41) is 22.3. The Morgan fingerprint density at radius 3 is 2.31 bits per heavy atom. The van der Waals surface area contributed by atoms with E-state index in [1.807, 2.05) is 0 Å². The van der Waals surface area contributed by atoms with Gasteiger partial charge >= 0.3 is 0 Å². The molecule has 0 aromatic heterocycles. The number of Topliss-reactive ketones (excluding diaryl/α,β-unsaturated/α-hetero) is 1. The first kappa shape index (κ1) is 20.8. The molecule has 32 heavy (non-hydrogen) atoms. The summed E-state index contributed by atoms with van der Waals surface area (Å²) in [6.45, 7) is 0. The third kappa shape index (κ3) is 3.58. The summed E-state index contributed by atoms with van der Waals surface area (Å²) in [5.41, 5.74) is 0.735. The lowest BCUT2D eigenvalue weighted by molar-refractivity contribution is -0.384. The van der Waals surface area contributed by atoms with Crippen molar-refractivity contribution in [2.45, 2.75) is 6.04 Å². The number of rotatable bonds is 5. The molecule has 1 saturated heterocycles. The Balaban J connectivity index is 1.95. The van der Waals surface area contributed by atoms with Crippen LogP contribution < -0.4 is 9.64 Å². The maximum absolute atomic E-state index is 13.1. The van der Waals surface area contributed by atoms with Gasteiger partial charge < -0.3 is 9.84 Å². The van der Waals surface area contributed by atoms with E-state index in [-0.39, 0.29) is 17.0 Å². The number of methoxy groups -OCH3 is 1. The van der Waals surface area contributed by atoms with E-state index in [4.69, 9.17) is 4.74 Å². The van der Waals surface area contributed by atoms with E-state index < -0.39 is 22.7 Å². The zero-order valence-electron chi connectivity index (χ0n) is 17.0. The van der Waals surface area contributed by atoms with E-state index >= 15 is 0 Å². The molecule has 0 spiro atoms. The number of carbonyl (C=O) groups excluding carboxylic acids is 2. The van der Waals surface area contributed by atoms with E-state index in [2.05, 4.69) is 0 Å². The summed E-state index contributed by atoms with van der Waals surface area (Å²) in [4.78, 5) is 38.2. The van der Waals surface area contributed by atoms with Gasteiger partial charge in [-0.3, -0.25) is 24.6 Å². The van der Waals surface area contributed by atoms with E-state index in [0.717, 1.165) is 0 Å². The quantitative estimate of drug-likeness (QED) is 0.213. The minimum Gasteiger partial charge on any atom is -0.507 e. The van der Waals surface area contributed by atoms with Gasteiger partial charge in [-0.1, -0.05) is 42.5 Å². The Hall–Kier alpha value is -4.46. The topological polar surface area (TPSA) is 110 Å². The molecule has 1 fully saturated rings. The van der Waals surface area contributed by atoms with Crippen LogP contribution in [0.25, 0.3) is 5.76 Å². The number of nitro benzene ring substituents is 1. The molecular formula is C24H18N2O6. The Labute approximate surface area is 183 Å². The van der Waals surface area contributed by atoms with Gasteiger partial charge in [0.05, 0.1) is 23.6 Å². The molecule has 8 heteroatoms. The lowest BCUT2D eigenvalue weighted by Crippen LogP contribution is -2.29. The van der Waals surface area contributed by atoms with E-state index in [1.165, 1.54) is 30.2 Å². The van der Waals surface area contributed by atoms with Crippen LogP contribution in [-0.2, 0) is 9.59 Å². The zero-order valence-corrected chi connectivity index (χ0v) is 17.0. The lowest BCUT2D eigenvalue weighted by atomic mass is 9.95. The van der Waals surface area contributed by atoms with Crippen molar-refractivity contribution in [2.24, 2.45) is 0 Å². The number of carbonyl (C=O) groups is 2. The highest BCUT2D eigenvalue weighted by Crippen LogP contribution is 2.43. The summed E-state index contributed by atoms with van der Waals surface area (Å²) in [7, 11) is 1.50. The molecule has 0 bridgehead atoms. The van der Waals surface area contributed by atoms with Crippen LogP contribution in [0.3, 0.4) is 0 Å². The summed E-state index contributed by atoms with van der Waals surface area (Å²) < 4.78 is 5.16. The summed E-state index contributed by atoms with van der Waals surface area (Å²) >= 11 is 0. The molecule has 3 aromatic rings. The maximum Gasteiger partial charge on any atom is 0.300 e. The molecule has 3 aromatic carbocycles. The molecule has 8 nitrogen and oxygen atoms in total. The van der Waals surface area contributed by atoms with Gasteiger partial charge in [0.2, 0.25) is 0 Å². The molecule has 1 amide bonds. The maximum atomic E-state index is 13.1. The van der Waals surface area contributed by atoms with Crippen molar-refractivity contribution in [1.29, 1.82) is 0 Å². The second-order valence-corrected chi connectivity index (χ2v) is 7.09. The minimum absolute atomic E-state index is 0.141. The van der Waals surface area contributed by atoms with Gasteiger partial charge in [0, 0.05) is 23.4 Å². The average molecular weight is 430 g/mol. The second kappa shape index (κ2) is 8.35. The fourth-order valence-corrected chi connectivity index (χ4v) is 3.72. The van der Waals surface area contributed by atoms with Crippen LogP contribution in [0.15, 0.2) is 84.4 Å². The molecule has 1 aliphatic rings. The molecule has 1 heterocycles. The molecule has 0 unspecified atom stereocenters. The number of amides is 1. The Kier molecular flexibility index (Phi) is 5.43. The molecule has 0 aliphatic carbocycles. The third-order valence-electron chi connectivity index (χ3n) is 5.24. The van der Waals surface area contributed by atoms with Crippen molar-refractivity contribution in [2.75, 3.05) is 12.0 Å². The van der Waals surface area contributed by atoms with E-state index in [1.54, 1.807) is 60.7 Å². The van der Waals surface area contributed by atoms with Gasteiger partial charge in [0.25, 0.3) is 17.4 Å². The van der Waals surface area contributed by atoms with Gasteiger partial charge in [-0.25, -0.2) is 0 Å². The fraction of sp³-hybridized carbons (Fsp3) is 0.0833. The van der Waals surface area contributed by atoms with Crippen LogP contribution in [0.4, 0.5) is 11.4 Å². The Bertz CT molecular complexity index is 1230. The Morgan fingerprint density at radius 1 is 1.00 bits per heavy atom. The predicted molar refractivity (Wildman–Crippen MR) is 117 cm³/mol. The monoisotopic (exact) mass is 430 g/mol. The number of nitrogens with zero attached hydrogens (tertiary/aromatic N) is 2. The highest BCUT2D eigenvalue weighted by molar-refractivity contribution is 6.51. The highest BCUT2D eigenvalue weighted by atomic mass is 16.6. The smallest absolute Gasteiger partial charge is 0.300 e. The number of non-ortho nitro benzene ring substituents is 1.